The Labute approximate surface area is 151 Å². The first-order valence-corrected chi connectivity index (χ1v) is 9.57. The normalized spacial score (nSPS) is 14.5. The van der Waals surface area contributed by atoms with Crippen molar-refractivity contribution < 1.29 is 9.47 Å². The van der Waals surface area contributed by atoms with Crippen LogP contribution in [0.3, 0.4) is 0 Å². The van der Waals surface area contributed by atoms with Gasteiger partial charge in [-0.3, -0.25) is 0 Å². The van der Waals surface area contributed by atoms with Crippen LogP contribution >= 0.6 is 11.6 Å². The van der Waals surface area contributed by atoms with Gasteiger partial charge in [0.25, 0.3) is 0 Å². The fourth-order valence-corrected chi connectivity index (χ4v) is 4.40. The minimum atomic E-state index is -0.382. The van der Waals surface area contributed by atoms with Gasteiger partial charge in [0.2, 0.25) is 0 Å². The van der Waals surface area contributed by atoms with Gasteiger partial charge in [-0.05, 0) is 0 Å². The van der Waals surface area contributed by atoms with Crippen LogP contribution in [0.5, 0.6) is 11.5 Å². The first-order valence-electron chi connectivity index (χ1n) is 7.57. The zero-order chi connectivity index (χ0) is 16.7. The van der Waals surface area contributed by atoms with E-state index in [-0.39, 0.29) is 20.3 Å². The Morgan fingerprint density at radius 2 is 2.04 bits per heavy atom. The van der Waals surface area contributed by atoms with E-state index in [1.54, 1.807) is 0 Å². The molecule has 1 aromatic heterocycles. The van der Waals surface area contributed by atoms with Crippen LogP contribution in [0.4, 0.5) is 0 Å². The van der Waals surface area contributed by atoms with E-state index in [1.807, 2.05) is 42.5 Å². The van der Waals surface area contributed by atoms with Crippen molar-refractivity contribution in [3.05, 3.63) is 57.5 Å². The molecule has 0 amide bonds. The SMILES string of the molecule is CC1(C)Oc2cc(OCc3ccccc3Cl)ccc2-c2nn[se]c21. The van der Waals surface area contributed by atoms with Gasteiger partial charge in [0.15, 0.2) is 0 Å². The molecule has 0 unspecified atom stereocenters. The summed E-state index contributed by atoms with van der Waals surface area (Å²) in [6.45, 7) is 4.53. The fourth-order valence-electron chi connectivity index (χ4n) is 2.73. The molecule has 0 bridgehead atoms. The molecule has 0 N–H and O–H groups in total. The van der Waals surface area contributed by atoms with Crippen LogP contribution in [0.15, 0.2) is 42.5 Å². The fraction of sp³-hybridized carbons (Fsp3) is 0.222. The number of nitrogens with zero attached hydrogens (tertiary/aromatic N) is 2. The Bertz CT molecular complexity index is 908. The zero-order valence-corrected chi connectivity index (χ0v) is 15.7. The molecule has 0 saturated heterocycles. The van der Waals surface area contributed by atoms with Gasteiger partial charge in [-0.15, -0.1) is 0 Å². The molecule has 2 heterocycles. The maximum absolute atomic E-state index is 6.18. The van der Waals surface area contributed by atoms with E-state index in [0.717, 1.165) is 28.3 Å². The van der Waals surface area contributed by atoms with E-state index in [4.69, 9.17) is 21.1 Å². The molecule has 24 heavy (non-hydrogen) atoms. The topological polar surface area (TPSA) is 44.2 Å². The Morgan fingerprint density at radius 1 is 1.21 bits per heavy atom. The number of ether oxygens (including phenoxy) is 2. The molecule has 2 aromatic carbocycles. The van der Waals surface area contributed by atoms with Crippen molar-refractivity contribution in [1.82, 2.24) is 9.19 Å². The summed E-state index contributed by atoms with van der Waals surface area (Å²) in [5.41, 5.74) is 2.51. The van der Waals surface area contributed by atoms with Crippen LogP contribution in [0.25, 0.3) is 11.3 Å². The Morgan fingerprint density at radius 3 is 2.88 bits per heavy atom. The van der Waals surface area contributed by atoms with Gasteiger partial charge in [0, 0.05) is 0 Å². The van der Waals surface area contributed by atoms with E-state index in [0.29, 0.717) is 11.6 Å². The molecule has 3 aromatic rings. The third kappa shape index (κ3) is 2.73. The first kappa shape index (κ1) is 15.7. The van der Waals surface area contributed by atoms with Crippen molar-refractivity contribution in [2.24, 2.45) is 0 Å². The van der Waals surface area contributed by atoms with Gasteiger partial charge in [-0.1, -0.05) is 0 Å². The van der Waals surface area contributed by atoms with E-state index in [1.165, 1.54) is 4.44 Å². The van der Waals surface area contributed by atoms with Crippen molar-refractivity contribution in [3.63, 3.8) is 0 Å². The third-order valence-electron chi connectivity index (χ3n) is 3.96. The molecule has 4 rings (SSSR count). The Hall–Kier alpha value is -1.81. The van der Waals surface area contributed by atoms with Crippen molar-refractivity contribution in [3.8, 4) is 22.8 Å². The van der Waals surface area contributed by atoms with Crippen LogP contribution in [0, 0.1) is 0 Å². The van der Waals surface area contributed by atoms with Crippen LogP contribution in [-0.4, -0.2) is 23.9 Å². The second kappa shape index (κ2) is 5.92. The quantitative estimate of drug-likeness (QED) is 0.616. The summed E-state index contributed by atoms with van der Waals surface area (Å²) in [6.07, 6.45) is 0. The van der Waals surface area contributed by atoms with E-state index in [2.05, 4.69) is 23.0 Å². The summed E-state index contributed by atoms with van der Waals surface area (Å²) in [5, 5.41) is 5.03. The van der Waals surface area contributed by atoms with Gasteiger partial charge in [-0.2, -0.15) is 0 Å². The van der Waals surface area contributed by atoms with Crippen LogP contribution in [0.1, 0.15) is 23.8 Å². The standard InChI is InChI=1S/C18H15ClN2O2Se/c1-18(2)17-16(20-21-24-17)13-8-7-12(9-15(13)23-18)22-10-11-5-3-4-6-14(11)19/h3-9H,10H2,1-2H3. The average Bonchev–Trinajstić information content (AvgIpc) is 3.04. The van der Waals surface area contributed by atoms with E-state index < -0.39 is 0 Å². The molecular weight excluding hydrogens is 391 g/mol. The molecule has 0 fully saturated rings. The monoisotopic (exact) mass is 406 g/mol. The summed E-state index contributed by atoms with van der Waals surface area (Å²) < 4.78 is 17.5. The van der Waals surface area contributed by atoms with Crippen molar-refractivity contribution in [2.75, 3.05) is 0 Å². The van der Waals surface area contributed by atoms with Crippen LogP contribution in [0.2, 0.25) is 5.02 Å². The second-order valence-corrected chi connectivity index (χ2v) is 8.09. The summed E-state index contributed by atoms with van der Waals surface area (Å²) in [7, 11) is 0. The van der Waals surface area contributed by atoms with E-state index >= 15 is 0 Å². The Kier molecular flexibility index (Phi) is 3.87. The first-order chi connectivity index (χ1) is 11.5. The number of benzene rings is 2. The van der Waals surface area contributed by atoms with Crippen molar-refractivity contribution >= 4 is 26.3 Å². The summed E-state index contributed by atoms with van der Waals surface area (Å²) >= 11 is 6.20. The molecule has 4 nitrogen and oxygen atoms in total. The number of fused-ring (bicyclic) bond motifs is 3. The summed E-state index contributed by atoms with van der Waals surface area (Å²) in [6, 6.07) is 13.5. The number of halogens is 1. The van der Waals surface area contributed by atoms with Crippen molar-refractivity contribution in [2.45, 2.75) is 26.1 Å². The summed E-state index contributed by atoms with van der Waals surface area (Å²) in [5.74, 6) is 1.53. The molecular formula is C18H15ClN2O2Se. The Balaban J connectivity index is 1.62. The average molecular weight is 406 g/mol. The van der Waals surface area contributed by atoms with Crippen LogP contribution in [-0.2, 0) is 12.2 Å². The minimum absolute atomic E-state index is 0.0236. The molecule has 1 aliphatic heterocycles. The number of aromatic nitrogens is 2. The number of hydrogen-bond donors (Lipinski definition) is 0. The molecule has 0 atom stereocenters. The molecule has 0 spiro atoms. The predicted molar refractivity (Wildman–Crippen MR) is 93.8 cm³/mol. The second-order valence-electron chi connectivity index (χ2n) is 6.10. The molecule has 0 saturated carbocycles. The van der Waals surface area contributed by atoms with Gasteiger partial charge >= 0.3 is 151 Å². The van der Waals surface area contributed by atoms with E-state index in [9.17, 15) is 0 Å². The third-order valence-corrected chi connectivity index (χ3v) is 6.49. The molecule has 0 aliphatic carbocycles. The molecule has 1 aliphatic rings. The number of rotatable bonds is 3. The van der Waals surface area contributed by atoms with Gasteiger partial charge < -0.3 is 0 Å². The van der Waals surface area contributed by atoms with Crippen LogP contribution < -0.4 is 9.47 Å². The molecule has 6 heteroatoms. The van der Waals surface area contributed by atoms with Gasteiger partial charge in [0.05, 0.1) is 0 Å². The predicted octanol–water partition coefficient (Wildman–Crippen LogP) is 4.06. The van der Waals surface area contributed by atoms with Gasteiger partial charge in [0.1, 0.15) is 0 Å². The number of hydrogen-bond acceptors (Lipinski definition) is 4. The zero-order valence-electron chi connectivity index (χ0n) is 13.2. The maximum atomic E-state index is 6.18. The molecule has 122 valence electrons. The van der Waals surface area contributed by atoms with Crippen molar-refractivity contribution in [1.29, 1.82) is 0 Å². The summed E-state index contributed by atoms with van der Waals surface area (Å²) in [4.78, 5) is 0. The van der Waals surface area contributed by atoms with Gasteiger partial charge in [-0.25, -0.2) is 0 Å². The molecule has 0 radical (unpaired) electrons.